The van der Waals surface area contributed by atoms with Gasteiger partial charge < -0.3 is 5.21 Å². The van der Waals surface area contributed by atoms with Gasteiger partial charge in [0.05, 0.1) is 5.71 Å². The lowest BCUT2D eigenvalue weighted by atomic mass is 9.93. The number of benzene rings is 1. The Bertz CT molecular complexity index is 346. The quantitative estimate of drug-likeness (QED) is 0.334. The zero-order chi connectivity index (χ0) is 8.55. The van der Waals surface area contributed by atoms with Gasteiger partial charge in [-0.1, -0.05) is 28.8 Å². The maximum Gasteiger partial charge on any atom is 0.113 e. The molecule has 0 amide bonds. The van der Waals surface area contributed by atoms with Gasteiger partial charge in [0.25, 0.3) is 0 Å². The van der Waals surface area contributed by atoms with Crippen LogP contribution in [0.15, 0.2) is 23.4 Å². The Hall–Kier alpha value is -1.25. The molecule has 0 spiro atoms. The SMILES string of the molecule is [B]c1ccc2c(c1)CC/C2=N\O. The van der Waals surface area contributed by atoms with Crippen molar-refractivity contribution in [1.82, 2.24) is 0 Å². The van der Waals surface area contributed by atoms with Gasteiger partial charge in [0, 0.05) is 5.56 Å². The van der Waals surface area contributed by atoms with E-state index in [9.17, 15) is 0 Å². The van der Waals surface area contributed by atoms with Crippen LogP contribution >= 0.6 is 0 Å². The number of aryl methyl sites for hydroxylation is 1. The van der Waals surface area contributed by atoms with Crippen molar-refractivity contribution in [3.8, 4) is 0 Å². The van der Waals surface area contributed by atoms with E-state index in [1.807, 2.05) is 18.2 Å². The van der Waals surface area contributed by atoms with Gasteiger partial charge in [0.1, 0.15) is 7.85 Å². The van der Waals surface area contributed by atoms with Gasteiger partial charge in [-0.15, -0.1) is 0 Å². The largest absolute Gasteiger partial charge is 0.411 e. The topological polar surface area (TPSA) is 32.6 Å². The van der Waals surface area contributed by atoms with Crippen LogP contribution in [0.1, 0.15) is 17.5 Å². The predicted octanol–water partition coefficient (Wildman–Crippen LogP) is 0.605. The van der Waals surface area contributed by atoms with E-state index in [1.165, 1.54) is 5.56 Å². The Morgan fingerprint density at radius 2 is 2.17 bits per heavy atom. The number of rotatable bonds is 0. The van der Waals surface area contributed by atoms with Crippen molar-refractivity contribution in [2.45, 2.75) is 12.8 Å². The Morgan fingerprint density at radius 3 is 2.92 bits per heavy atom. The van der Waals surface area contributed by atoms with E-state index in [2.05, 4.69) is 5.16 Å². The molecule has 2 radical (unpaired) electrons. The first-order chi connectivity index (χ1) is 5.81. The first-order valence-corrected chi connectivity index (χ1v) is 3.91. The molecule has 2 nitrogen and oxygen atoms in total. The van der Waals surface area contributed by atoms with Crippen molar-refractivity contribution >= 4 is 19.0 Å². The molecule has 1 aromatic carbocycles. The molecule has 0 bridgehead atoms. The number of nitrogens with zero attached hydrogens (tertiary/aromatic N) is 1. The zero-order valence-corrected chi connectivity index (χ0v) is 6.62. The summed E-state index contributed by atoms with van der Waals surface area (Å²) in [6.07, 6.45) is 1.75. The van der Waals surface area contributed by atoms with Crippen molar-refractivity contribution in [2.75, 3.05) is 0 Å². The van der Waals surface area contributed by atoms with E-state index >= 15 is 0 Å². The Kier molecular flexibility index (Phi) is 1.64. The van der Waals surface area contributed by atoms with Gasteiger partial charge in [0.2, 0.25) is 0 Å². The molecule has 1 N–H and O–H groups in total. The fourth-order valence-electron chi connectivity index (χ4n) is 1.59. The van der Waals surface area contributed by atoms with Gasteiger partial charge in [0.15, 0.2) is 0 Å². The molecule has 12 heavy (non-hydrogen) atoms. The average molecular weight is 157 g/mol. The minimum absolute atomic E-state index is 0.769. The summed E-state index contributed by atoms with van der Waals surface area (Å²) in [5, 5.41) is 11.9. The maximum absolute atomic E-state index is 8.64. The van der Waals surface area contributed by atoms with Gasteiger partial charge in [-0.3, -0.25) is 0 Å². The fourth-order valence-corrected chi connectivity index (χ4v) is 1.59. The van der Waals surface area contributed by atoms with Gasteiger partial charge in [-0.2, -0.15) is 0 Å². The molecule has 3 heteroatoms. The summed E-state index contributed by atoms with van der Waals surface area (Å²) in [6, 6.07) is 5.68. The Morgan fingerprint density at radius 1 is 1.33 bits per heavy atom. The molecular weight excluding hydrogens is 149 g/mol. The van der Waals surface area contributed by atoms with E-state index in [0.29, 0.717) is 0 Å². The Labute approximate surface area is 72.3 Å². The first-order valence-electron chi connectivity index (χ1n) is 3.91. The molecule has 0 fully saturated rings. The molecule has 1 aliphatic rings. The molecule has 0 atom stereocenters. The van der Waals surface area contributed by atoms with E-state index in [0.717, 1.165) is 29.6 Å². The number of fused-ring (bicyclic) bond motifs is 1. The highest BCUT2D eigenvalue weighted by molar-refractivity contribution is 6.32. The summed E-state index contributed by atoms with van der Waals surface area (Å²) in [5.41, 5.74) is 3.76. The summed E-state index contributed by atoms with van der Waals surface area (Å²) < 4.78 is 0. The van der Waals surface area contributed by atoms with Gasteiger partial charge in [-0.25, -0.2) is 0 Å². The van der Waals surface area contributed by atoms with Crippen LogP contribution in [-0.2, 0) is 6.42 Å². The minimum atomic E-state index is 0.769. The lowest BCUT2D eigenvalue weighted by Gasteiger charge is -1.99. The second-order valence-corrected chi connectivity index (χ2v) is 2.96. The second-order valence-electron chi connectivity index (χ2n) is 2.96. The lowest BCUT2D eigenvalue weighted by molar-refractivity contribution is 0.318. The minimum Gasteiger partial charge on any atom is -0.411 e. The van der Waals surface area contributed by atoms with Crippen LogP contribution in [0.5, 0.6) is 0 Å². The monoisotopic (exact) mass is 157 g/mol. The third-order valence-electron chi connectivity index (χ3n) is 2.19. The van der Waals surface area contributed by atoms with E-state index in [4.69, 9.17) is 13.1 Å². The second kappa shape index (κ2) is 2.66. The highest BCUT2D eigenvalue weighted by Crippen LogP contribution is 2.20. The Balaban J connectivity index is 2.55. The van der Waals surface area contributed by atoms with E-state index in [-0.39, 0.29) is 0 Å². The molecule has 2 rings (SSSR count). The molecule has 0 unspecified atom stereocenters. The van der Waals surface area contributed by atoms with Crippen LogP contribution in [-0.4, -0.2) is 18.8 Å². The third-order valence-corrected chi connectivity index (χ3v) is 2.19. The molecule has 0 saturated carbocycles. The molecular formula is C9H8BNO. The van der Waals surface area contributed by atoms with Crippen LogP contribution in [0.4, 0.5) is 0 Å². The molecule has 58 valence electrons. The van der Waals surface area contributed by atoms with Crippen LogP contribution in [0, 0.1) is 0 Å². The standard InChI is InChI=1S/C9H8BNO/c10-7-2-3-8-6(5-7)1-4-9(8)11-12/h2-3,5,12H,1,4H2/b11-9+. The third kappa shape index (κ3) is 1.02. The smallest absolute Gasteiger partial charge is 0.113 e. The summed E-state index contributed by atoms with van der Waals surface area (Å²) in [5.74, 6) is 0. The van der Waals surface area contributed by atoms with E-state index in [1.54, 1.807) is 0 Å². The van der Waals surface area contributed by atoms with Crippen LogP contribution in [0.3, 0.4) is 0 Å². The molecule has 0 aliphatic heterocycles. The molecule has 0 heterocycles. The van der Waals surface area contributed by atoms with Crippen molar-refractivity contribution in [3.05, 3.63) is 29.3 Å². The number of hydrogen-bond acceptors (Lipinski definition) is 2. The number of hydrogen-bond donors (Lipinski definition) is 1. The maximum atomic E-state index is 8.64. The summed E-state index contributed by atoms with van der Waals surface area (Å²) in [6.45, 7) is 0. The van der Waals surface area contributed by atoms with Crippen LogP contribution in [0.25, 0.3) is 0 Å². The van der Waals surface area contributed by atoms with Crippen molar-refractivity contribution in [2.24, 2.45) is 5.16 Å². The number of oxime groups is 1. The van der Waals surface area contributed by atoms with Gasteiger partial charge in [-0.05, 0) is 18.4 Å². The normalized spacial score (nSPS) is 18.2. The summed E-state index contributed by atoms with van der Waals surface area (Å²) in [7, 11) is 5.62. The molecule has 0 aromatic heterocycles. The van der Waals surface area contributed by atoms with Crippen LogP contribution in [0.2, 0.25) is 0 Å². The van der Waals surface area contributed by atoms with Crippen molar-refractivity contribution in [1.29, 1.82) is 0 Å². The highest BCUT2D eigenvalue weighted by atomic mass is 16.4. The summed E-state index contributed by atoms with van der Waals surface area (Å²) in [4.78, 5) is 0. The molecule has 1 aliphatic carbocycles. The van der Waals surface area contributed by atoms with Crippen molar-refractivity contribution < 1.29 is 5.21 Å². The lowest BCUT2D eigenvalue weighted by Crippen LogP contribution is -2.03. The molecule has 0 saturated heterocycles. The van der Waals surface area contributed by atoms with Crippen molar-refractivity contribution in [3.63, 3.8) is 0 Å². The first kappa shape index (κ1) is 7.41. The summed E-state index contributed by atoms with van der Waals surface area (Å²) >= 11 is 0. The predicted molar refractivity (Wildman–Crippen MR) is 48.5 cm³/mol. The average Bonchev–Trinajstić information content (AvgIpc) is 2.46. The van der Waals surface area contributed by atoms with Crippen LogP contribution < -0.4 is 5.46 Å². The fraction of sp³-hybridized carbons (Fsp3) is 0.222. The van der Waals surface area contributed by atoms with Gasteiger partial charge >= 0.3 is 0 Å². The highest BCUT2D eigenvalue weighted by Gasteiger charge is 2.17. The zero-order valence-electron chi connectivity index (χ0n) is 6.62. The molecule has 1 aromatic rings. The van der Waals surface area contributed by atoms with E-state index < -0.39 is 0 Å².